The van der Waals surface area contributed by atoms with E-state index in [2.05, 4.69) is 10.6 Å². The number of amides is 2. The third-order valence-corrected chi connectivity index (χ3v) is 3.62. The second kappa shape index (κ2) is 8.61. The number of methoxy groups -OCH3 is 2. The van der Waals surface area contributed by atoms with Crippen molar-refractivity contribution in [3.8, 4) is 23.0 Å². The van der Waals surface area contributed by atoms with E-state index in [1.165, 1.54) is 38.5 Å². The van der Waals surface area contributed by atoms with E-state index in [-0.39, 0.29) is 47.2 Å². The molecule has 2 amide bonds. The van der Waals surface area contributed by atoms with E-state index in [4.69, 9.17) is 9.47 Å². The molecule has 0 bridgehead atoms. The Morgan fingerprint density at radius 2 is 1.19 bits per heavy atom. The van der Waals surface area contributed by atoms with Crippen molar-refractivity contribution in [2.45, 2.75) is 0 Å². The topological polar surface area (TPSA) is 117 Å². The van der Waals surface area contributed by atoms with Crippen LogP contribution in [0.2, 0.25) is 0 Å². The van der Waals surface area contributed by atoms with Crippen LogP contribution < -0.4 is 20.1 Å². The molecule has 0 unspecified atom stereocenters. The molecular weight excluding hydrogens is 340 g/mol. The van der Waals surface area contributed by atoms with Gasteiger partial charge in [-0.1, -0.05) is 12.1 Å². The summed E-state index contributed by atoms with van der Waals surface area (Å²) in [5.74, 6) is -1.12. The third-order valence-electron chi connectivity index (χ3n) is 3.62. The maximum atomic E-state index is 12.1. The van der Waals surface area contributed by atoms with Crippen molar-refractivity contribution in [2.75, 3.05) is 27.3 Å². The average Bonchev–Trinajstić information content (AvgIpc) is 2.65. The fourth-order valence-electron chi connectivity index (χ4n) is 2.28. The lowest BCUT2D eigenvalue weighted by Gasteiger charge is -2.11. The molecule has 8 heteroatoms. The number of para-hydroxylation sites is 2. The Bertz CT molecular complexity index is 739. The van der Waals surface area contributed by atoms with Crippen molar-refractivity contribution in [2.24, 2.45) is 0 Å². The number of phenolic OH excluding ortho intramolecular Hbond substituents is 2. The van der Waals surface area contributed by atoms with Crippen LogP contribution in [-0.2, 0) is 0 Å². The number of nitrogens with one attached hydrogen (secondary N) is 2. The molecule has 0 aliphatic rings. The standard InChI is InChI=1S/C18H20N2O6/c1-25-13-7-3-5-11(15(13)21)17(23)19-9-10-20-18(24)12-6-4-8-14(26-2)16(12)22/h3-8,21-22H,9-10H2,1-2H3,(H,19,23)(H,20,24). The average molecular weight is 360 g/mol. The van der Waals surface area contributed by atoms with Gasteiger partial charge in [0.2, 0.25) is 0 Å². The highest BCUT2D eigenvalue weighted by molar-refractivity contribution is 5.98. The number of carbonyl (C=O) groups excluding carboxylic acids is 2. The summed E-state index contributed by atoms with van der Waals surface area (Å²) in [6.07, 6.45) is 0. The maximum absolute atomic E-state index is 12.1. The smallest absolute Gasteiger partial charge is 0.255 e. The lowest BCUT2D eigenvalue weighted by Crippen LogP contribution is -2.34. The van der Waals surface area contributed by atoms with Crippen LogP contribution in [0.5, 0.6) is 23.0 Å². The van der Waals surface area contributed by atoms with Gasteiger partial charge in [-0.05, 0) is 24.3 Å². The van der Waals surface area contributed by atoms with Crippen LogP contribution in [-0.4, -0.2) is 49.3 Å². The van der Waals surface area contributed by atoms with Crippen LogP contribution in [0.25, 0.3) is 0 Å². The van der Waals surface area contributed by atoms with Gasteiger partial charge >= 0.3 is 0 Å². The zero-order valence-electron chi connectivity index (χ0n) is 14.4. The Hall–Kier alpha value is -3.42. The number of benzene rings is 2. The van der Waals surface area contributed by atoms with Crippen LogP contribution in [0.4, 0.5) is 0 Å². The van der Waals surface area contributed by atoms with Crippen molar-refractivity contribution < 1.29 is 29.3 Å². The largest absolute Gasteiger partial charge is 0.504 e. The van der Waals surface area contributed by atoms with E-state index >= 15 is 0 Å². The van der Waals surface area contributed by atoms with Gasteiger partial charge in [0.25, 0.3) is 11.8 Å². The van der Waals surface area contributed by atoms with Crippen LogP contribution in [0.1, 0.15) is 20.7 Å². The number of aromatic hydroxyl groups is 2. The van der Waals surface area contributed by atoms with Crippen LogP contribution in [0, 0.1) is 0 Å². The molecule has 0 saturated heterocycles. The van der Waals surface area contributed by atoms with Crippen molar-refractivity contribution in [1.29, 1.82) is 0 Å². The van der Waals surface area contributed by atoms with Crippen molar-refractivity contribution in [3.63, 3.8) is 0 Å². The monoisotopic (exact) mass is 360 g/mol. The van der Waals surface area contributed by atoms with Gasteiger partial charge in [-0.25, -0.2) is 0 Å². The van der Waals surface area contributed by atoms with E-state index in [0.29, 0.717) is 0 Å². The minimum absolute atomic E-state index is 0.0705. The Kier molecular flexibility index (Phi) is 6.26. The molecular formula is C18H20N2O6. The zero-order chi connectivity index (χ0) is 19.1. The molecule has 8 nitrogen and oxygen atoms in total. The molecule has 0 aliphatic carbocycles. The number of carbonyl (C=O) groups is 2. The van der Waals surface area contributed by atoms with Gasteiger partial charge < -0.3 is 30.3 Å². The van der Waals surface area contributed by atoms with E-state index in [1.54, 1.807) is 12.1 Å². The van der Waals surface area contributed by atoms with E-state index < -0.39 is 11.8 Å². The first-order chi connectivity index (χ1) is 12.5. The SMILES string of the molecule is COc1cccc(C(=O)NCCNC(=O)c2cccc(OC)c2O)c1O. The summed E-state index contributed by atoms with van der Waals surface area (Å²) in [6.45, 7) is 0.262. The van der Waals surface area contributed by atoms with E-state index in [9.17, 15) is 19.8 Å². The lowest BCUT2D eigenvalue weighted by atomic mass is 10.1. The molecule has 0 heterocycles. The second-order valence-corrected chi connectivity index (χ2v) is 5.22. The fourth-order valence-corrected chi connectivity index (χ4v) is 2.28. The summed E-state index contributed by atoms with van der Waals surface area (Å²) < 4.78 is 9.90. The highest BCUT2D eigenvalue weighted by Gasteiger charge is 2.16. The first kappa shape index (κ1) is 18.9. The minimum atomic E-state index is -0.500. The molecule has 0 saturated carbocycles. The first-order valence-corrected chi connectivity index (χ1v) is 7.78. The molecule has 2 rings (SSSR count). The summed E-state index contributed by atoms with van der Waals surface area (Å²) in [4.78, 5) is 24.2. The molecule has 4 N–H and O–H groups in total. The third kappa shape index (κ3) is 4.15. The molecule has 0 radical (unpaired) electrons. The number of hydrogen-bond donors (Lipinski definition) is 4. The summed E-state index contributed by atoms with van der Waals surface area (Å²) in [5, 5.41) is 25.0. The van der Waals surface area contributed by atoms with Gasteiger partial charge in [0.1, 0.15) is 0 Å². The Morgan fingerprint density at radius 3 is 1.54 bits per heavy atom. The normalized spacial score (nSPS) is 10.1. The van der Waals surface area contributed by atoms with Crippen molar-refractivity contribution in [3.05, 3.63) is 47.5 Å². The molecule has 0 atom stereocenters. The highest BCUT2D eigenvalue weighted by Crippen LogP contribution is 2.29. The molecule has 0 aromatic heterocycles. The van der Waals surface area contributed by atoms with Gasteiger partial charge in [0.05, 0.1) is 25.3 Å². The summed E-state index contributed by atoms with van der Waals surface area (Å²) in [7, 11) is 2.78. The predicted octanol–water partition coefficient (Wildman–Crippen LogP) is 1.27. The predicted molar refractivity (Wildman–Crippen MR) is 94.0 cm³/mol. The molecule has 138 valence electrons. The maximum Gasteiger partial charge on any atom is 0.255 e. The fraction of sp³-hybridized carbons (Fsp3) is 0.222. The Labute approximate surface area is 150 Å². The van der Waals surface area contributed by atoms with Gasteiger partial charge in [-0.3, -0.25) is 9.59 Å². The Balaban J connectivity index is 1.89. The Morgan fingerprint density at radius 1 is 0.808 bits per heavy atom. The quantitative estimate of drug-likeness (QED) is 0.553. The molecule has 0 aliphatic heterocycles. The highest BCUT2D eigenvalue weighted by atomic mass is 16.5. The minimum Gasteiger partial charge on any atom is -0.504 e. The molecule has 26 heavy (non-hydrogen) atoms. The summed E-state index contributed by atoms with van der Waals surface area (Å²) >= 11 is 0. The summed E-state index contributed by atoms with van der Waals surface area (Å²) in [5.41, 5.74) is 0.141. The molecule has 0 spiro atoms. The van der Waals surface area contributed by atoms with Crippen LogP contribution in [0.3, 0.4) is 0 Å². The summed E-state index contributed by atoms with van der Waals surface area (Å²) in [6, 6.07) is 9.15. The van der Waals surface area contributed by atoms with Crippen LogP contribution in [0.15, 0.2) is 36.4 Å². The van der Waals surface area contributed by atoms with Crippen molar-refractivity contribution >= 4 is 11.8 Å². The van der Waals surface area contributed by atoms with Crippen LogP contribution >= 0.6 is 0 Å². The van der Waals surface area contributed by atoms with Crippen molar-refractivity contribution in [1.82, 2.24) is 10.6 Å². The lowest BCUT2D eigenvalue weighted by molar-refractivity contribution is 0.0924. The van der Waals surface area contributed by atoms with Gasteiger partial charge in [0.15, 0.2) is 23.0 Å². The zero-order valence-corrected chi connectivity index (χ0v) is 14.4. The molecule has 0 fully saturated rings. The van der Waals surface area contributed by atoms with Gasteiger partial charge in [-0.15, -0.1) is 0 Å². The number of hydrogen-bond acceptors (Lipinski definition) is 6. The van der Waals surface area contributed by atoms with Gasteiger partial charge in [-0.2, -0.15) is 0 Å². The first-order valence-electron chi connectivity index (χ1n) is 7.78. The number of rotatable bonds is 7. The molecule has 2 aromatic rings. The molecule has 2 aromatic carbocycles. The number of ether oxygens (including phenoxy) is 2. The number of phenols is 2. The van der Waals surface area contributed by atoms with Gasteiger partial charge in [0, 0.05) is 13.1 Å². The second-order valence-electron chi connectivity index (χ2n) is 5.22. The van der Waals surface area contributed by atoms with E-state index in [0.717, 1.165) is 0 Å². The van der Waals surface area contributed by atoms with E-state index in [1.807, 2.05) is 0 Å².